The number of aromatic nitrogens is 7. The van der Waals surface area contributed by atoms with Gasteiger partial charge in [-0.1, -0.05) is 25.0 Å². The van der Waals surface area contributed by atoms with E-state index in [0.717, 1.165) is 42.2 Å². The molecule has 0 bridgehead atoms. The topological polar surface area (TPSA) is 125 Å². The molecule has 1 saturated carbocycles. The fraction of sp³-hybridized carbons (Fsp3) is 0.172. The van der Waals surface area contributed by atoms with Gasteiger partial charge in [-0.3, -0.25) is 19.9 Å². The second-order valence-corrected chi connectivity index (χ2v) is 9.75. The van der Waals surface area contributed by atoms with Gasteiger partial charge >= 0.3 is 0 Å². The van der Waals surface area contributed by atoms with Gasteiger partial charge in [0.25, 0.3) is 0 Å². The normalized spacial score (nSPS) is 13.9. The van der Waals surface area contributed by atoms with E-state index in [1.54, 1.807) is 49.1 Å². The lowest BCUT2D eigenvalue weighted by Crippen LogP contribution is -2.20. The van der Waals surface area contributed by atoms with Crippen LogP contribution in [0.5, 0.6) is 0 Å². The van der Waals surface area contributed by atoms with Crippen LogP contribution in [-0.2, 0) is 4.79 Å². The second kappa shape index (κ2) is 9.39. The van der Waals surface area contributed by atoms with Gasteiger partial charge in [0.2, 0.25) is 5.91 Å². The molecule has 10 heteroatoms. The number of pyridine rings is 3. The number of imidazole rings is 1. The molecule has 1 fully saturated rings. The van der Waals surface area contributed by atoms with Crippen molar-refractivity contribution in [2.75, 3.05) is 5.32 Å². The molecule has 0 atom stereocenters. The summed E-state index contributed by atoms with van der Waals surface area (Å²) in [6, 6.07) is 12.2. The Morgan fingerprint density at radius 1 is 0.974 bits per heavy atom. The van der Waals surface area contributed by atoms with Crippen LogP contribution in [0.3, 0.4) is 0 Å². The van der Waals surface area contributed by atoms with Gasteiger partial charge in [0.05, 0.1) is 22.8 Å². The van der Waals surface area contributed by atoms with Gasteiger partial charge in [-0.25, -0.2) is 14.4 Å². The van der Waals surface area contributed by atoms with Crippen molar-refractivity contribution in [1.29, 1.82) is 0 Å². The number of nitrogens with one attached hydrogen (secondary N) is 3. The number of rotatable bonds is 5. The molecule has 1 aliphatic carbocycles. The zero-order chi connectivity index (χ0) is 26.3. The number of nitrogens with zero attached hydrogens (tertiary/aromatic N) is 5. The molecule has 3 N–H and O–H groups in total. The average Bonchev–Trinajstić information content (AvgIpc) is 3.73. The van der Waals surface area contributed by atoms with Gasteiger partial charge in [-0.15, -0.1) is 0 Å². The van der Waals surface area contributed by atoms with Gasteiger partial charge in [0.15, 0.2) is 11.5 Å². The highest BCUT2D eigenvalue weighted by molar-refractivity contribution is 5.97. The first-order chi connectivity index (χ1) is 19.1. The number of carbonyl (C=O) groups excluding carboxylic acids is 1. The maximum atomic E-state index is 14.5. The fourth-order valence-corrected chi connectivity index (χ4v) is 5.24. The smallest absolute Gasteiger partial charge is 0.227 e. The first kappa shape index (κ1) is 23.2. The van der Waals surface area contributed by atoms with Crippen LogP contribution >= 0.6 is 0 Å². The molecule has 0 aliphatic heterocycles. The number of benzene rings is 1. The molecule has 0 saturated heterocycles. The number of halogens is 1. The minimum Gasteiger partial charge on any atom is -0.336 e. The zero-order valence-electron chi connectivity index (χ0n) is 20.8. The minimum absolute atomic E-state index is 0.0475. The second-order valence-electron chi connectivity index (χ2n) is 9.75. The minimum atomic E-state index is -0.364. The molecule has 1 aliphatic rings. The molecule has 5 heterocycles. The first-order valence-electron chi connectivity index (χ1n) is 12.8. The van der Waals surface area contributed by atoms with E-state index in [9.17, 15) is 9.18 Å². The predicted octanol–water partition coefficient (Wildman–Crippen LogP) is 5.89. The molecule has 1 aromatic carbocycles. The standard InChI is InChI=1S/C29H23FN8O/c30-22-8-4-3-7-20(22)24-26-23(9-10-32-24)35-28(36-26)25-21-12-18(14-33-27(21)38-37-25)17-11-19(15-31-13-17)34-29(39)16-5-1-2-6-16/h3-4,7-16H,1-2,5-6H2,(H,34,39)(H,35,36)(H,33,37,38). The van der Waals surface area contributed by atoms with Crippen LogP contribution in [0.15, 0.2) is 67.3 Å². The Labute approximate surface area is 222 Å². The van der Waals surface area contributed by atoms with E-state index in [1.165, 1.54) is 6.07 Å². The highest BCUT2D eigenvalue weighted by Gasteiger charge is 2.23. The Hall–Kier alpha value is -4.99. The summed E-state index contributed by atoms with van der Waals surface area (Å²) in [7, 11) is 0. The van der Waals surface area contributed by atoms with Gasteiger partial charge < -0.3 is 10.3 Å². The van der Waals surface area contributed by atoms with Crippen LogP contribution in [0.25, 0.3) is 56.0 Å². The van der Waals surface area contributed by atoms with E-state index >= 15 is 0 Å². The number of carbonyl (C=O) groups is 1. The molecule has 7 rings (SSSR count). The monoisotopic (exact) mass is 518 g/mol. The van der Waals surface area contributed by atoms with E-state index in [2.05, 4.69) is 35.5 Å². The molecule has 192 valence electrons. The van der Waals surface area contributed by atoms with Crippen molar-refractivity contribution in [2.45, 2.75) is 25.7 Å². The lowest BCUT2D eigenvalue weighted by molar-refractivity contribution is -0.119. The highest BCUT2D eigenvalue weighted by atomic mass is 19.1. The van der Waals surface area contributed by atoms with Crippen LogP contribution in [0, 0.1) is 11.7 Å². The zero-order valence-corrected chi connectivity index (χ0v) is 20.8. The lowest BCUT2D eigenvalue weighted by Gasteiger charge is -2.11. The summed E-state index contributed by atoms with van der Waals surface area (Å²) in [5.41, 5.74) is 5.56. The van der Waals surface area contributed by atoms with Crippen molar-refractivity contribution in [2.24, 2.45) is 5.92 Å². The third kappa shape index (κ3) is 4.19. The van der Waals surface area contributed by atoms with E-state index in [0.29, 0.717) is 45.1 Å². The van der Waals surface area contributed by atoms with Crippen LogP contribution in [0.4, 0.5) is 10.1 Å². The Kier molecular flexibility index (Phi) is 5.58. The number of anilines is 1. The van der Waals surface area contributed by atoms with Gasteiger partial charge in [0, 0.05) is 41.2 Å². The summed E-state index contributed by atoms with van der Waals surface area (Å²) >= 11 is 0. The van der Waals surface area contributed by atoms with Crippen LogP contribution in [0.1, 0.15) is 25.7 Å². The number of hydrogen-bond acceptors (Lipinski definition) is 6. The molecule has 0 unspecified atom stereocenters. The third-order valence-electron chi connectivity index (χ3n) is 7.24. The molecule has 39 heavy (non-hydrogen) atoms. The number of hydrogen-bond donors (Lipinski definition) is 3. The molecule has 0 spiro atoms. The van der Waals surface area contributed by atoms with Crippen molar-refractivity contribution >= 4 is 33.7 Å². The summed E-state index contributed by atoms with van der Waals surface area (Å²) in [6.07, 6.45) is 10.8. The van der Waals surface area contributed by atoms with Crippen molar-refractivity contribution in [3.8, 4) is 33.9 Å². The molecular formula is C29H23FN8O. The number of amides is 1. The lowest BCUT2D eigenvalue weighted by atomic mass is 10.1. The SMILES string of the molecule is O=C(Nc1cncc(-c2cnc3[nH]nc(-c4nc5c(-c6ccccc6F)nccc5[nH]4)c3c2)c1)C1CCCC1. The van der Waals surface area contributed by atoms with Crippen LogP contribution in [-0.4, -0.2) is 41.0 Å². The Balaban J connectivity index is 1.25. The summed E-state index contributed by atoms with van der Waals surface area (Å²) in [4.78, 5) is 34.0. The predicted molar refractivity (Wildman–Crippen MR) is 146 cm³/mol. The number of aromatic amines is 2. The Morgan fingerprint density at radius 3 is 2.69 bits per heavy atom. The van der Waals surface area contributed by atoms with Crippen molar-refractivity contribution in [3.63, 3.8) is 0 Å². The summed E-state index contributed by atoms with van der Waals surface area (Å²) in [5, 5.41) is 11.2. The van der Waals surface area contributed by atoms with Crippen molar-refractivity contribution in [3.05, 3.63) is 73.1 Å². The van der Waals surface area contributed by atoms with Gasteiger partial charge in [-0.05, 0) is 43.2 Å². The van der Waals surface area contributed by atoms with Crippen LogP contribution < -0.4 is 5.32 Å². The third-order valence-corrected chi connectivity index (χ3v) is 7.24. The van der Waals surface area contributed by atoms with Gasteiger partial charge in [-0.2, -0.15) is 5.10 Å². The van der Waals surface area contributed by atoms with E-state index < -0.39 is 0 Å². The summed E-state index contributed by atoms with van der Waals surface area (Å²) < 4.78 is 14.5. The molecule has 0 radical (unpaired) electrons. The Morgan fingerprint density at radius 2 is 1.82 bits per heavy atom. The number of fused-ring (bicyclic) bond motifs is 2. The maximum absolute atomic E-state index is 14.5. The van der Waals surface area contributed by atoms with E-state index in [1.807, 2.05) is 12.1 Å². The number of H-pyrrole nitrogens is 2. The highest BCUT2D eigenvalue weighted by Crippen LogP contribution is 2.33. The molecule has 1 amide bonds. The summed E-state index contributed by atoms with van der Waals surface area (Å²) in [6.45, 7) is 0. The molecule has 5 aromatic heterocycles. The molecular weight excluding hydrogens is 495 g/mol. The van der Waals surface area contributed by atoms with E-state index in [4.69, 9.17) is 4.98 Å². The van der Waals surface area contributed by atoms with Gasteiger partial charge in [0.1, 0.15) is 22.7 Å². The van der Waals surface area contributed by atoms with Crippen LogP contribution in [0.2, 0.25) is 0 Å². The molecule has 9 nitrogen and oxygen atoms in total. The maximum Gasteiger partial charge on any atom is 0.227 e. The Bertz CT molecular complexity index is 1850. The summed E-state index contributed by atoms with van der Waals surface area (Å²) in [5.74, 6) is 0.261. The quantitative estimate of drug-likeness (QED) is 0.261. The van der Waals surface area contributed by atoms with E-state index in [-0.39, 0.29) is 17.6 Å². The van der Waals surface area contributed by atoms with Crippen molar-refractivity contribution < 1.29 is 9.18 Å². The average molecular weight is 519 g/mol. The largest absolute Gasteiger partial charge is 0.336 e. The van der Waals surface area contributed by atoms with Crippen molar-refractivity contribution in [1.82, 2.24) is 35.1 Å². The first-order valence-corrected chi connectivity index (χ1v) is 12.8. The molecule has 6 aromatic rings. The fourth-order valence-electron chi connectivity index (χ4n) is 5.24.